The Morgan fingerprint density at radius 2 is 0.718 bits per heavy atom. The highest BCUT2D eigenvalue weighted by molar-refractivity contribution is 9.10. The Hall–Kier alpha value is -14.2. The maximum Gasteiger partial charge on any atom is 0.410 e. The number of carbonyl (C=O) groups is 5. The van der Waals surface area contributed by atoms with Gasteiger partial charge in [-0.15, -0.1) is 20.4 Å². The molecule has 8 aliphatic rings. The molecule has 0 bridgehead atoms. The van der Waals surface area contributed by atoms with Gasteiger partial charge in [-0.25, -0.2) is 14.4 Å². The molecule has 8 atom stereocenters. The number of hydrogen-bond acceptors (Lipinski definition) is 21. The summed E-state index contributed by atoms with van der Waals surface area (Å²) in [7, 11) is 0. The van der Waals surface area contributed by atoms with E-state index >= 15 is 0 Å². The highest BCUT2D eigenvalue weighted by Crippen LogP contribution is 2.53. The molecule has 0 radical (unpaired) electrons. The van der Waals surface area contributed by atoms with Crippen LogP contribution in [0, 0.1) is 45.8 Å². The minimum atomic E-state index is -0.504. The number of carbonyl (C=O) groups excluding carboxylic acids is 5. The van der Waals surface area contributed by atoms with Crippen LogP contribution in [0.2, 0.25) is 0 Å². The third-order valence-corrected chi connectivity index (χ3v) is 27.9. The van der Waals surface area contributed by atoms with E-state index in [1.165, 1.54) is 95.9 Å². The van der Waals surface area contributed by atoms with Crippen molar-refractivity contribution in [1.29, 1.82) is 15.8 Å². The fraction of sp³-hybridized carbons (Fsp3) is 0.393. The number of aromatic nitrogens is 8. The number of nitriles is 3. The summed E-state index contributed by atoms with van der Waals surface area (Å²) in [6, 6.07) is 89.6. The molecule has 27 heteroatoms. The van der Waals surface area contributed by atoms with Crippen molar-refractivity contribution in [1.82, 2.24) is 76.0 Å². The average molecular weight is 2070 g/mol. The summed E-state index contributed by atoms with van der Waals surface area (Å²) in [4.78, 5) is 73.6. The van der Waals surface area contributed by atoms with Gasteiger partial charge in [-0.1, -0.05) is 259 Å². The van der Waals surface area contributed by atoms with Crippen LogP contribution in [0.1, 0.15) is 263 Å². The van der Waals surface area contributed by atoms with E-state index in [1.807, 2.05) is 158 Å². The van der Waals surface area contributed by atoms with Crippen LogP contribution in [0.15, 0.2) is 272 Å². The summed E-state index contributed by atoms with van der Waals surface area (Å²) < 4.78 is 18.4. The molecular formula is C122H143BrN18O8. The highest BCUT2D eigenvalue weighted by atomic mass is 79.9. The van der Waals surface area contributed by atoms with E-state index in [0.717, 1.165) is 168 Å². The Kier molecular flexibility index (Phi) is 42.2. The Bertz CT molecular complexity index is 6300. The van der Waals surface area contributed by atoms with E-state index in [0.29, 0.717) is 46.6 Å². The lowest BCUT2D eigenvalue weighted by molar-refractivity contribution is 0.00386. The summed E-state index contributed by atoms with van der Waals surface area (Å²) in [6.07, 6.45) is 30.8. The third-order valence-electron chi connectivity index (χ3n) is 27.4. The molecule has 2 aromatic heterocycles. The van der Waals surface area contributed by atoms with E-state index in [2.05, 4.69) is 257 Å². The van der Waals surface area contributed by atoms with Crippen LogP contribution < -0.4 is 5.32 Å². The fourth-order valence-electron chi connectivity index (χ4n) is 20.0. The van der Waals surface area contributed by atoms with Gasteiger partial charge < -0.3 is 34.2 Å². The first-order valence-corrected chi connectivity index (χ1v) is 53.0. The van der Waals surface area contributed by atoms with E-state index in [4.69, 9.17) is 30.0 Å². The van der Waals surface area contributed by atoms with Gasteiger partial charge >= 0.3 is 18.3 Å². The first-order valence-electron chi connectivity index (χ1n) is 52.2. The van der Waals surface area contributed by atoms with E-state index in [-0.39, 0.29) is 48.5 Å². The summed E-state index contributed by atoms with van der Waals surface area (Å²) in [5, 5.41) is 55.8. The van der Waals surface area contributed by atoms with Crippen molar-refractivity contribution < 1.29 is 38.2 Å². The first-order chi connectivity index (χ1) is 72.1. The van der Waals surface area contributed by atoms with Crippen LogP contribution in [-0.2, 0) is 33.8 Å². The fourth-order valence-corrected chi connectivity index (χ4v) is 20.5. The largest absolute Gasteiger partial charge is 0.444 e. The SMILES string of the molecule is C(=C\c1nn[nH]n1)/c1cccc(CN2CCC(C[C@@H]3C[C@H]3c3ccccc3)CC2)c1.C=CC#N.CC(C)(C)OC(=O)N(C1CCN(Cc2cccc(/C=C/C#N)c2)CC1)[C@@H]1C[C@H]1c1ccccc1.CC(C)(C)OC(=O)N(C1CCN(Cc2cccc(/C=C/c3nn[nH]n3)c2)CC1)[C@@H]1C[C@H]1c1ccccc1.CC(C)(C)OC(=O)N(C1CCNCC1)[C@@H]1C[C@H]1c1ccccc1.N#C/C=C/c1cccc(C=O)c1.O=Cc1cccc(Br)c1. The molecule has 4 aliphatic heterocycles. The van der Waals surface area contributed by atoms with Crippen LogP contribution in [0.25, 0.3) is 36.5 Å². The van der Waals surface area contributed by atoms with Gasteiger partial charge in [0.25, 0.3) is 0 Å². The van der Waals surface area contributed by atoms with Gasteiger partial charge in [0.15, 0.2) is 11.6 Å². The zero-order valence-electron chi connectivity index (χ0n) is 87.4. The van der Waals surface area contributed by atoms with Crippen molar-refractivity contribution >= 4 is 83.2 Å². The molecule has 0 spiro atoms. The predicted molar refractivity (Wildman–Crippen MR) is 591 cm³/mol. The number of piperidine rings is 4. The number of nitrogens with one attached hydrogen (secondary N) is 3. The number of benzene rings is 9. The van der Waals surface area contributed by atoms with Gasteiger partial charge in [0, 0.05) is 134 Å². The van der Waals surface area contributed by atoms with Crippen LogP contribution in [0.5, 0.6) is 0 Å². The second-order valence-corrected chi connectivity index (χ2v) is 43.2. The number of rotatable bonds is 26. The minimum Gasteiger partial charge on any atom is -0.444 e. The average Bonchev–Trinajstić information content (AvgIpc) is 1.62. The molecule has 19 rings (SSSR count). The van der Waals surface area contributed by atoms with Gasteiger partial charge in [0.1, 0.15) is 29.4 Å². The van der Waals surface area contributed by atoms with Crippen molar-refractivity contribution in [2.75, 3.05) is 52.4 Å². The maximum atomic E-state index is 13.3. The van der Waals surface area contributed by atoms with Crippen LogP contribution in [0.4, 0.5) is 14.4 Å². The maximum absolute atomic E-state index is 13.3. The number of allylic oxidation sites excluding steroid dienone is 3. The standard InChI is InChI=1S/C29H36N6O2.C29H35N3O2.C25H29N5.C19H28N2O2.C10H7NO.C7H5BrO.C3H3N/c1-29(2,3)37-28(36)35(26-19-25(26)23-10-5-4-6-11-23)24-14-16-34(17-15-24)20-22-9-7-8-21(18-22)12-13-27-30-32-33-31-27;1-29(2,3)34-28(33)32(27-20-26(27)24-12-5-4-6-13-24)25-14-17-31(18-15-25)21-23-10-7-9-22(19-23)11-8-16-30;1-2-7-22(8-3-1)24-17-23(24)16-20-11-13-30(14-12-20)18-21-6-4-5-19(15-21)9-10-25-26-28-29-27-25;1-19(2,3)23-18(22)21(15-9-11-20-12-10-15)17-13-16(17)14-7-5-4-6-8-14;11-6-2-5-9-3-1-4-10(7-9)8-12;8-7-3-1-2-6(4-7)5-9;1-2-3-4/h4-13,18,24-26H,14-17,19-20H2,1-3H3,(H,30,31,32,33);4-13,19,25-27H,14-15,17-18,20-21H2,1-3H3;1-10,15,20,23-24H,11-14,16-18H2,(H,26,27,28,29);4-8,15-17,20H,9-13H2,1-3H3;1-5,7-8H;1-5H;2H,1H2/b13-12+;11-8+;10-9+;;5-2+;;/t25-,26+;26-,27+;23-,24+;16-,17+;;;/m0010.../s1. The van der Waals surface area contributed by atoms with E-state index in [1.54, 1.807) is 48.0 Å². The molecular weight excluding hydrogens is 1930 g/mol. The van der Waals surface area contributed by atoms with Crippen LogP contribution in [-0.4, -0.2) is 207 Å². The number of aldehydes is 2. The molecule has 26 nitrogen and oxygen atoms in total. The molecule has 9 aromatic carbocycles. The number of aromatic amines is 2. The third kappa shape index (κ3) is 37.2. The molecule has 4 saturated carbocycles. The van der Waals surface area contributed by atoms with Crippen LogP contribution >= 0.6 is 15.9 Å². The summed E-state index contributed by atoms with van der Waals surface area (Å²) in [5.74, 6) is 5.08. The van der Waals surface area contributed by atoms with Crippen LogP contribution in [0.3, 0.4) is 0 Å². The number of nitrogens with zero attached hydrogens (tertiary/aromatic N) is 15. The van der Waals surface area contributed by atoms with Gasteiger partial charge in [-0.2, -0.15) is 26.2 Å². The lowest BCUT2D eigenvalue weighted by Crippen LogP contribution is -2.50. The Morgan fingerprint density at radius 3 is 1.05 bits per heavy atom. The predicted octanol–water partition coefficient (Wildman–Crippen LogP) is 24.4. The molecule has 8 fully saturated rings. The van der Waals surface area contributed by atoms with Gasteiger partial charge in [-0.3, -0.25) is 24.3 Å². The van der Waals surface area contributed by atoms with Gasteiger partial charge in [-0.05, 0) is 304 Å². The minimum absolute atomic E-state index is 0.146. The lowest BCUT2D eigenvalue weighted by atomic mass is 9.90. The molecule has 4 aliphatic carbocycles. The Balaban J connectivity index is 0.000000155. The Labute approximate surface area is 887 Å². The molecule has 11 aromatic rings. The van der Waals surface area contributed by atoms with Crippen molar-refractivity contribution in [3.05, 3.63) is 356 Å². The molecule has 3 N–H and O–H groups in total. The monoisotopic (exact) mass is 2070 g/mol. The summed E-state index contributed by atoms with van der Waals surface area (Å²) in [5.41, 5.74) is 13.4. The quantitative estimate of drug-likeness (QED) is 0.0258. The Morgan fingerprint density at radius 1 is 0.396 bits per heavy atom. The van der Waals surface area contributed by atoms with E-state index in [9.17, 15) is 24.0 Å². The topological polar surface area (TPSA) is 325 Å². The molecule has 0 unspecified atom stereocenters. The highest BCUT2D eigenvalue weighted by Gasteiger charge is 2.52. The molecule has 149 heavy (non-hydrogen) atoms. The van der Waals surface area contributed by atoms with Crippen molar-refractivity contribution in [2.24, 2.45) is 11.8 Å². The number of amides is 3. The molecule has 3 amide bonds. The number of tetrazole rings is 2. The number of H-pyrrole nitrogens is 2. The van der Waals surface area contributed by atoms with Gasteiger partial charge in [0.05, 0.1) is 18.2 Å². The lowest BCUT2D eigenvalue weighted by Gasteiger charge is -2.39. The normalized spacial score (nSPS) is 19.8. The summed E-state index contributed by atoms with van der Waals surface area (Å²) in [6.45, 7) is 31.6. The second-order valence-electron chi connectivity index (χ2n) is 42.2. The summed E-state index contributed by atoms with van der Waals surface area (Å²) >= 11 is 3.24. The van der Waals surface area contributed by atoms with Crippen molar-refractivity contribution in [3.63, 3.8) is 0 Å². The van der Waals surface area contributed by atoms with Crippen molar-refractivity contribution in [3.8, 4) is 18.2 Å². The zero-order chi connectivity index (χ0) is 106. The smallest absolute Gasteiger partial charge is 0.410 e. The second kappa shape index (κ2) is 56.2. The number of hydrogen-bond donors (Lipinski definition) is 3. The zero-order valence-corrected chi connectivity index (χ0v) is 89.0. The molecule has 6 heterocycles. The molecule has 4 saturated heterocycles. The number of ether oxygens (including phenoxy) is 3. The molecule has 776 valence electrons. The number of likely N-dealkylation sites (tertiary alicyclic amines) is 3. The van der Waals surface area contributed by atoms with Crippen molar-refractivity contribution in [2.45, 2.75) is 242 Å². The number of halogens is 1. The van der Waals surface area contributed by atoms with E-state index < -0.39 is 16.8 Å². The van der Waals surface area contributed by atoms with Gasteiger partial charge in [0.2, 0.25) is 0 Å². The first kappa shape index (κ1) is 112.